The predicted octanol–water partition coefficient (Wildman–Crippen LogP) is 3.00. The lowest BCUT2D eigenvalue weighted by atomic mass is 10.3. The van der Waals surface area contributed by atoms with Crippen LogP contribution in [-0.2, 0) is 4.79 Å². The molecule has 0 saturated carbocycles. The van der Waals surface area contributed by atoms with Crippen LogP contribution in [0.2, 0.25) is 0 Å². The first-order valence-electron chi connectivity index (χ1n) is 9.14. The van der Waals surface area contributed by atoms with Gasteiger partial charge in [-0.15, -0.1) is 0 Å². The van der Waals surface area contributed by atoms with Gasteiger partial charge in [0.2, 0.25) is 5.91 Å². The van der Waals surface area contributed by atoms with E-state index in [4.69, 9.17) is 9.47 Å². The minimum absolute atomic E-state index is 0.0861. The van der Waals surface area contributed by atoms with Crippen LogP contribution in [0.4, 0.5) is 15.8 Å². The number of benzene rings is 2. The van der Waals surface area contributed by atoms with E-state index in [1.54, 1.807) is 0 Å². The van der Waals surface area contributed by atoms with Gasteiger partial charge < -0.3 is 25.4 Å². The van der Waals surface area contributed by atoms with E-state index in [0.717, 1.165) is 12.1 Å². The zero-order valence-electron chi connectivity index (χ0n) is 15.6. The number of carbonyl (C=O) groups is 1. The molecule has 0 radical (unpaired) electrons. The Morgan fingerprint density at radius 3 is 2.50 bits per heavy atom. The molecule has 2 aromatic rings. The Labute approximate surface area is 163 Å². The molecule has 2 aromatic carbocycles. The van der Waals surface area contributed by atoms with Crippen LogP contribution in [-0.4, -0.2) is 38.2 Å². The summed E-state index contributed by atoms with van der Waals surface area (Å²) in [5, 5.41) is 8.91. The van der Waals surface area contributed by atoms with Gasteiger partial charge in [-0.25, -0.2) is 9.38 Å². The van der Waals surface area contributed by atoms with Crippen molar-refractivity contribution < 1.29 is 18.7 Å². The molecule has 0 aliphatic carbocycles. The molecule has 28 heavy (non-hydrogen) atoms. The van der Waals surface area contributed by atoms with Gasteiger partial charge in [-0.3, -0.25) is 4.79 Å². The van der Waals surface area contributed by atoms with E-state index in [2.05, 4.69) is 20.9 Å². The fourth-order valence-corrected chi connectivity index (χ4v) is 2.57. The Morgan fingerprint density at radius 2 is 1.75 bits per heavy atom. The van der Waals surface area contributed by atoms with Crippen molar-refractivity contribution in [1.82, 2.24) is 5.32 Å². The van der Waals surface area contributed by atoms with E-state index in [1.807, 2.05) is 25.1 Å². The second-order valence-corrected chi connectivity index (χ2v) is 6.09. The molecule has 0 unspecified atom stereocenters. The molecule has 1 aliphatic heterocycles. The van der Waals surface area contributed by atoms with Crippen LogP contribution in [0, 0.1) is 5.82 Å². The van der Waals surface area contributed by atoms with E-state index in [1.165, 1.54) is 24.3 Å². The topological polar surface area (TPSA) is 84.0 Å². The van der Waals surface area contributed by atoms with E-state index in [9.17, 15) is 9.18 Å². The number of carbonyl (C=O) groups excluding carboxylic acids is 1. The van der Waals surface area contributed by atoms with Gasteiger partial charge in [-0.2, -0.15) is 0 Å². The van der Waals surface area contributed by atoms with Crippen molar-refractivity contribution in [3.8, 4) is 11.5 Å². The van der Waals surface area contributed by atoms with Crippen molar-refractivity contribution in [3.05, 3.63) is 48.3 Å². The highest BCUT2D eigenvalue weighted by atomic mass is 19.1. The summed E-state index contributed by atoms with van der Waals surface area (Å²) >= 11 is 0. The molecule has 8 heteroatoms. The van der Waals surface area contributed by atoms with Crippen LogP contribution in [0.5, 0.6) is 11.5 Å². The molecule has 1 amide bonds. The molecule has 0 fully saturated rings. The summed E-state index contributed by atoms with van der Waals surface area (Å²) in [7, 11) is 0. The van der Waals surface area contributed by atoms with Gasteiger partial charge >= 0.3 is 0 Å². The number of nitrogens with zero attached hydrogens (tertiary/aromatic N) is 1. The SMILES string of the molecule is CCNC(=NCC(=O)Nc1ccc(F)cc1)Nc1ccc2c(c1)OCCCO2. The van der Waals surface area contributed by atoms with Crippen LogP contribution < -0.4 is 25.4 Å². The average Bonchev–Trinajstić information content (AvgIpc) is 2.93. The quantitative estimate of drug-likeness (QED) is 0.543. The van der Waals surface area contributed by atoms with Crippen LogP contribution in [0.1, 0.15) is 13.3 Å². The Morgan fingerprint density at radius 1 is 1.04 bits per heavy atom. The maximum atomic E-state index is 12.9. The number of rotatable bonds is 5. The van der Waals surface area contributed by atoms with E-state index < -0.39 is 0 Å². The molecule has 0 saturated heterocycles. The Bertz CT molecular complexity index is 840. The number of aliphatic imine (C=N–C) groups is 1. The van der Waals surface area contributed by atoms with Gasteiger partial charge in [0.05, 0.1) is 13.2 Å². The van der Waals surface area contributed by atoms with Gasteiger partial charge in [0.15, 0.2) is 17.5 Å². The summed E-state index contributed by atoms with van der Waals surface area (Å²) in [6, 6.07) is 11.1. The predicted molar refractivity (Wildman–Crippen MR) is 107 cm³/mol. The van der Waals surface area contributed by atoms with Crippen molar-refractivity contribution in [2.75, 3.05) is 36.9 Å². The molecule has 0 aromatic heterocycles. The fraction of sp³-hybridized carbons (Fsp3) is 0.300. The fourth-order valence-electron chi connectivity index (χ4n) is 2.57. The lowest BCUT2D eigenvalue weighted by Crippen LogP contribution is -2.31. The van der Waals surface area contributed by atoms with Crippen LogP contribution >= 0.6 is 0 Å². The molecule has 7 nitrogen and oxygen atoms in total. The van der Waals surface area contributed by atoms with Crippen LogP contribution in [0.3, 0.4) is 0 Å². The lowest BCUT2D eigenvalue weighted by molar-refractivity contribution is -0.114. The van der Waals surface area contributed by atoms with Crippen LogP contribution in [0.15, 0.2) is 47.5 Å². The molecule has 1 aliphatic rings. The first kappa shape index (κ1) is 19.5. The first-order chi connectivity index (χ1) is 13.6. The minimum atomic E-state index is -0.357. The molecule has 0 bridgehead atoms. The highest BCUT2D eigenvalue weighted by molar-refractivity contribution is 5.97. The average molecular weight is 386 g/mol. The third-order valence-corrected chi connectivity index (χ3v) is 3.86. The maximum absolute atomic E-state index is 12.9. The van der Waals surface area contributed by atoms with Gasteiger partial charge in [0.25, 0.3) is 0 Å². The smallest absolute Gasteiger partial charge is 0.246 e. The Hall–Kier alpha value is -3.29. The van der Waals surface area contributed by atoms with E-state index in [-0.39, 0.29) is 18.3 Å². The van der Waals surface area contributed by atoms with E-state index in [0.29, 0.717) is 42.9 Å². The van der Waals surface area contributed by atoms with Gasteiger partial charge in [0, 0.05) is 30.4 Å². The maximum Gasteiger partial charge on any atom is 0.246 e. The Balaban J connectivity index is 1.63. The molecular weight excluding hydrogens is 363 g/mol. The molecule has 3 N–H and O–H groups in total. The second kappa shape index (κ2) is 9.59. The molecule has 0 atom stereocenters. The van der Waals surface area contributed by atoms with Crippen molar-refractivity contribution in [1.29, 1.82) is 0 Å². The van der Waals surface area contributed by atoms with Gasteiger partial charge in [0.1, 0.15) is 12.4 Å². The second-order valence-electron chi connectivity index (χ2n) is 6.09. The summed E-state index contributed by atoms with van der Waals surface area (Å²) in [4.78, 5) is 16.4. The summed E-state index contributed by atoms with van der Waals surface area (Å²) < 4.78 is 24.2. The van der Waals surface area contributed by atoms with Crippen molar-refractivity contribution in [2.45, 2.75) is 13.3 Å². The number of halogens is 1. The number of hydrogen-bond donors (Lipinski definition) is 3. The zero-order valence-corrected chi connectivity index (χ0v) is 15.6. The Kier molecular flexibility index (Phi) is 6.67. The molecule has 1 heterocycles. The monoisotopic (exact) mass is 386 g/mol. The third kappa shape index (κ3) is 5.60. The molecular formula is C20H23FN4O3. The van der Waals surface area contributed by atoms with Crippen molar-refractivity contribution in [3.63, 3.8) is 0 Å². The minimum Gasteiger partial charge on any atom is -0.490 e. The largest absolute Gasteiger partial charge is 0.490 e. The molecule has 3 rings (SSSR count). The lowest BCUT2D eigenvalue weighted by Gasteiger charge is -2.13. The van der Waals surface area contributed by atoms with Crippen molar-refractivity contribution >= 4 is 23.2 Å². The van der Waals surface area contributed by atoms with Crippen molar-refractivity contribution in [2.24, 2.45) is 4.99 Å². The summed E-state index contributed by atoms with van der Waals surface area (Å²) in [6.45, 7) is 3.72. The number of hydrogen-bond acceptors (Lipinski definition) is 4. The summed E-state index contributed by atoms with van der Waals surface area (Å²) in [5.41, 5.74) is 1.28. The number of guanidine groups is 1. The zero-order chi connectivity index (χ0) is 19.8. The molecule has 0 spiro atoms. The number of fused-ring (bicyclic) bond motifs is 1. The standard InChI is InChI=1S/C20H23FN4O3/c1-2-22-20(23-13-19(26)24-15-6-4-14(21)5-7-15)25-16-8-9-17-18(12-16)28-11-3-10-27-17/h4-9,12H,2-3,10-11,13H2,1H3,(H,24,26)(H2,22,23,25). The third-order valence-electron chi connectivity index (χ3n) is 3.86. The highest BCUT2D eigenvalue weighted by Crippen LogP contribution is 2.32. The number of anilines is 2. The highest BCUT2D eigenvalue weighted by Gasteiger charge is 2.11. The number of amides is 1. The van der Waals surface area contributed by atoms with Gasteiger partial charge in [-0.05, 0) is 43.3 Å². The summed E-state index contributed by atoms with van der Waals surface area (Å²) in [6.07, 6.45) is 0.838. The molecule has 148 valence electrons. The van der Waals surface area contributed by atoms with Gasteiger partial charge in [-0.1, -0.05) is 0 Å². The number of ether oxygens (including phenoxy) is 2. The van der Waals surface area contributed by atoms with E-state index >= 15 is 0 Å². The first-order valence-corrected chi connectivity index (χ1v) is 9.14. The number of nitrogens with one attached hydrogen (secondary N) is 3. The summed E-state index contributed by atoms with van der Waals surface area (Å²) in [5.74, 6) is 1.19. The normalized spacial score (nSPS) is 13.4. The van der Waals surface area contributed by atoms with Crippen LogP contribution in [0.25, 0.3) is 0 Å².